The lowest BCUT2D eigenvalue weighted by Crippen LogP contribution is -2.55. The Morgan fingerprint density at radius 1 is 1.19 bits per heavy atom. The molecule has 0 aromatic carbocycles. The number of hydrogen-bond donors (Lipinski definition) is 1. The van der Waals surface area contributed by atoms with Crippen molar-refractivity contribution in [1.82, 2.24) is 14.8 Å². The number of furan rings is 1. The largest absolute Gasteiger partial charge is 0.454 e. The van der Waals surface area contributed by atoms with Crippen LogP contribution in [0.25, 0.3) is 0 Å². The second kappa shape index (κ2) is 7.88. The summed E-state index contributed by atoms with van der Waals surface area (Å²) in [6.45, 7) is 8.18. The van der Waals surface area contributed by atoms with Crippen molar-refractivity contribution in [3.63, 3.8) is 0 Å². The lowest BCUT2D eigenvalue weighted by Gasteiger charge is -2.40. The number of nitrogens with zero attached hydrogens (tertiary/aromatic N) is 2. The van der Waals surface area contributed by atoms with Crippen LogP contribution >= 0.6 is 0 Å². The third-order valence-electron chi connectivity index (χ3n) is 4.66. The lowest BCUT2D eigenvalue weighted by molar-refractivity contribution is -0.00930. The first-order chi connectivity index (χ1) is 12.5. The Morgan fingerprint density at radius 2 is 1.96 bits per heavy atom. The molecule has 26 heavy (non-hydrogen) atoms. The van der Waals surface area contributed by atoms with Crippen molar-refractivity contribution in [2.75, 3.05) is 32.8 Å². The summed E-state index contributed by atoms with van der Waals surface area (Å²) in [6.07, 6.45) is 1.69. The van der Waals surface area contributed by atoms with Gasteiger partial charge in [0.15, 0.2) is 5.76 Å². The van der Waals surface area contributed by atoms with Gasteiger partial charge >= 0.3 is 0 Å². The van der Waals surface area contributed by atoms with Crippen LogP contribution in [0.5, 0.6) is 0 Å². The number of morpholine rings is 1. The topological polar surface area (TPSA) is 76.7 Å². The summed E-state index contributed by atoms with van der Waals surface area (Å²) in [6, 6.07) is 8.33. The van der Waals surface area contributed by atoms with Gasteiger partial charge in [0.05, 0.1) is 19.8 Å². The van der Waals surface area contributed by atoms with E-state index in [2.05, 4.69) is 24.1 Å². The van der Waals surface area contributed by atoms with Gasteiger partial charge in [-0.25, -0.2) is 0 Å². The predicted molar refractivity (Wildman–Crippen MR) is 97.3 cm³/mol. The highest BCUT2D eigenvalue weighted by molar-refractivity contribution is 5.91. The summed E-state index contributed by atoms with van der Waals surface area (Å²) in [5, 5.41) is 2.94. The van der Waals surface area contributed by atoms with Gasteiger partial charge in [-0.05, 0) is 32.0 Å². The smallest absolute Gasteiger partial charge is 0.287 e. The van der Waals surface area contributed by atoms with Gasteiger partial charge in [0.1, 0.15) is 5.76 Å². The van der Waals surface area contributed by atoms with E-state index in [-0.39, 0.29) is 22.8 Å². The SMILES string of the molecule is CC(C)(CNC(=O)c1ccc(Cn2ccccc2=O)o1)N1CCOCC1. The molecule has 1 saturated heterocycles. The summed E-state index contributed by atoms with van der Waals surface area (Å²) < 4.78 is 12.5. The van der Waals surface area contributed by atoms with Crippen LogP contribution in [0.2, 0.25) is 0 Å². The summed E-state index contributed by atoms with van der Waals surface area (Å²) in [4.78, 5) is 26.5. The zero-order chi connectivity index (χ0) is 18.6. The van der Waals surface area contributed by atoms with Gasteiger partial charge in [0.2, 0.25) is 0 Å². The fourth-order valence-electron chi connectivity index (χ4n) is 3.01. The van der Waals surface area contributed by atoms with Crippen LogP contribution in [-0.4, -0.2) is 53.8 Å². The molecule has 0 spiro atoms. The molecule has 3 rings (SSSR count). The third kappa shape index (κ3) is 4.42. The molecule has 0 atom stereocenters. The Bertz CT molecular complexity index is 803. The molecule has 0 saturated carbocycles. The minimum atomic E-state index is -0.252. The molecule has 1 amide bonds. The van der Waals surface area contributed by atoms with E-state index in [9.17, 15) is 9.59 Å². The van der Waals surface area contributed by atoms with E-state index in [1.54, 1.807) is 30.5 Å². The Hall–Kier alpha value is -2.38. The molecule has 1 fully saturated rings. The summed E-state index contributed by atoms with van der Waals surface area (Å²) in [7, 11) is 0. The number of hydrogen-bond acceptors (Lipinski definition) is 5. The second-order valence-corrected chi connectivity index (χ2v) is 7.03. The third-order valence-corrected chi connectivity index (χ3v) is 4.66. The maximum atomic E-state index is 12.4. The van der Waals surface area contributed by atoms with E-state index in [4.69, 9.17) is 9.15 Å². The normalized spacial score (nSPS) is 15.8. The van der Waals surface area contributed by atoms with E-state index in [0.717, 1.165) is 26.3 Å². The van der Waals surface area contributed by atoms with E-state index in [0.29, 0.717) is 18.8 Å². The molecule has 0 bridgehead atoms. The van der Waals surface area contributed by atoms with Gasteiger partial charge in [0, 0.05) is 37.4 Å². The zero-order valence-corrected chi connectivity index (χ0v) is 15.2. The number of nitrogens with one attached hydrogen (secondary N) is 1. The van der Waals surface area contributed by atoms with Crippen LogP contribution in [0, 0.1) is 0 Å². The lowest BCUT2D eigenvalue weighted by atomic mass is 10.0. The first kappa shape index (κ1) is 18.4. The molecule has 2 aromatic rings. The van der Waals surface area contributed by atoms with E-state index < -0.39 is 0 Å². The molecule has 0 aliphatic carbocycles. The summed E-state index contributed by atoms with van der Waals surface area (Å²) >= 11 is 0. The summed E-state index contributed by atoms with van der Waals surface area (Å²) in [5.74, 6) is 0.565. The van der Waals surface area contributed by atoms with Crippen molar-refractivity contribution in [1.29, 1.82) is 0 Å². The minimum Gasteiger partial charge on any atom is -0.454 e. The first-order valence-corrected chi connectivity index (χ1v) is 8.81. The Morgan fingerprint density at radius 3 is 2.69 bits per heavy atom. The molecule has 1 aliphatic heterocycles. The fraction of sp³-hybridized carbons (Fsp3) is 0.474. The highest BCUT2D eigenvalue weighted by atomic mass is 16.5. The van der Waals surface area contributed by atoms with E-state index >= 15 is 0 Å². The van der Waals surface area contributed by atoms with Crippen molar-refractivity contribution >= 4 is 5.91 Å². The average molecular weight is 359 g/mol. The van der Waals surface area contributed by atoms with Crippen molar-refractivity contribution in [3.05, 3.63) is 58.4 Å². The highest BCUT2D eigenvalue weighted by Crippen LogP contribution is 2.16. The Labute approximate surface area is 152 Å². The van der Waals surface area contributed by atoms with Gasteiger partial charge in [-0.1, -0.05) is 6.07 Å². The van der Waals surface area contributed by atoms with Gasteiger partial charge < -0.3 is 19.0 Å². The molecule has 1 aliphatic rings. The van der Waals surface area contributed by atoms with Crippen molar-refractivity contribution in [3.8, 4) is 0 Å². The van der Waals surface area contributed by atoms with Gasteiger partial charge in [0.25, 0.3) is 11.5 Å². The molecule has 3 heterocycles. The zero-order valence-electron chi connectivity index (χ0n) is 15.2. The number of pyridine rings is 1. The average Bonchev–Trinajstić information content (AvgIpc) is 3.11. The molecule has 2 aromatic heterocycles. The van der Waals surface area contributed by atoms with Crippen LogP contribution in [0.15, 0.2) is 45.7 Å². The van der Waals surface area contributed by atoms with Crippen molar-refractivity contribution < 1.29 is 13.9 Å². The molecule has 7 heteroatoms. The Kier molecular flexibility index (Phi) is 5.58. The maximum absolute atomic E-state index is 12.4. The molecule has 0 unspecified atom stereocenters. The van der Waals surface area contributed by atoms with Crippen LogP contribution in [0.3, 0.4) is 0 Å². The maximum Gasteiger partial charge on any atom is 0.287 e. The first-order valence-electron chi connectivity index (χ1n) is 8.81. The molecule has 0 radical (unpaired) electrons. The fourth-order valence-corrected chi connectivity index (χ4v) is 3.01. The van der Waals surface area contributed by atoms with E-state index in [1.165, 1.54) is 10.6 Å². The van der Waals surface area contributed by atoms with Crippen molar-refractivity contribution in [2.45, 2.75) is 25.9 Å². The van der Waals surface area contributed by atoms with Crippen LogP contribution in [0.4, 0.5) is 0 Å². The van der Waals surface area contributed by atoms with Crippen LogP contribution in [0.1, 0.15) is 30.2 Å². The number of carbonyl (C=O) groups is 1. The van der Waals surface area contributed by atoms with Gasteiger partial charge in [-0.2, -0.15) is 0 Å². The number of carbonyl (C=O) groups excluding carboxylic acids is 1. The Balaban J connectivity index is 1.58. The monoisotopic (exact) mass is 359 g/mol. The van der Waals surface area contributed by atoms with Crippen LogP contribution < -0.4 is 10.9 Å². The van der Waals surface area contributed by atoms with Crippen LogP contribution in [-0.2, 0) is 11.3 Å². The van der Waals surface area contributed by atoms with E-state index in [1.807, 2.05) is 0 Å². The molecule has 1 N–H and O–H groups in total. The molecular formula is C19H25N3O4. The quantitative estimate of drug-likeness (QED) is 0.842. The molecular weight excluding hydrogens is 334 g/mol. The van der Waals surface area contributed by atoms with Gasteiger partial charge in [-0.3, -0.25) is 14.5 Å². The number of amides is 1. The highest BCUT2D eigenvalue weighted by Gasteiger charge is 2.29. The number of rotatable bonds is 6. The van der Waals surface area contributed by atoms with Gasteiger partial charge in [-0.15, -0.1) is 0 Å². The standard InChI is InChI=1S/C19H25N3O4/c1-19(2,22-9-11-25-12-10-22)14-20-18(24)16-7-6-15(26-16)13-21-8-4-3-5-17(21)23/h3-8H,9-14H2,1-2H3,(H,20,24). The number of ether oxygens (including phenoxy) is 1. The molecule has 140 valence electrons. The molecule has 7 nitrogen and oxygen atoms in total. The second-order valence-electron chi connectivity index (χ2n) is 7.03. The number of aromatic nitrogens is 1. The summed E-state index contributed by atoms with van der Waals surface area (Å²) in [5.41, 5.74) is -0.270. The van der Waals surface area contributed by atoms with Crippen molar-refractivity contribution in [2.24, 2.45) is 0 Å². The minimum absolute atomic E-state index is 0.109. The predicted octanol–water partition coefficient (Wildman–Crippen LogP) is 1.33.